The lowest BCUT2D eigenvalue weighted by atomic mass is 10.0. The lowest BCUT2D eigenvalue weighted by Gasteiger charge is -2.29. The third-order valence-electron chi connectivity index (χ3n) is 6.88. The van der Waals surface area contributed by atoms with Gasteiger partial charge >= 0.3 is 12.3 Å². The summed E-state index contributed by atoms with van der Waals surface area (Å²) in [6.45, 7) is 1.08. The molecule has 1 aliphatic heterocycles. The van der Waals surface area contributed by atoms with E-state index in [-0.39, 0.29) is 11.5 Å². The van der Waals surface area contributed by atoms with Gasteiger partial charge in [0.15, 0.2) is 6.29 Å². The fraction of sp³-hybridized carbons (Fsp3) is 0.235. The van der Waals surface area contributed by atoms with Crippen LogP contribution in [0.4, 0.5) is 43.9 Å². The van der Waals surface area contributed by atoms with Gasteiger partial charge in [-0.1, -0.05) is 23.8 Å². The Hall–Kier alpha value is -4.76. The zero-order valence-corrected chi connectivity index (χ0v) is 24.4. The molecule has 0 saturated carbocycles. The van der Waals surface area contributed by atoms with Crippen molar-refractivity contribution in [1.29, 1.82) is 0 Å². The Morgan fingerprint density at radius 1 is 0.771 bits per heavy atom. The van der Waals surface area contributed by atoms with E-state index in [9.17, 15) is 43.9 Å². The van der Waals surface area contributed by atoms with E-state index in [0.29, 0.717) is 49.6 Å². The van der Waals surface area contributed by atoms with Crippen molar-refractivity contribution in [3.8, 4) is 29.4 Å². The number of methoxy groups -OCH3 is 1. The summed E-state index contributed by atoms with van der Waals surface area (Å²) in [5.41, 5.74) is -3.25. The first-order valence-corrected chi connectivity index (χ1v) is 13.8. The normalized spacial score (nSPS) is 16.6. The Bertz CT molecular complexity index is 1950. The fourth-order valence-electron chi connectivity index (χ4n) is 4.73. The summed E-state index contributed by atoms with van der Waals surface area (Å²) >= 11 is 0. The van der Waals surface area contributed by atoms with Gasteiger partial charge in [0.1, 0.15) is 40.4 Å². The molecule has 1 fully saturated rings. The maximum absolute atomic E-state index is 15.0. The maximum Gasteiger partial charge on any atom is 0.458 e. The van der Waals surface area contributed by atoms with Crippen LogP contribution in [0.2, 0.25) is 0 Å². The van der Waals surface area contributed by atoms with E-state index in [0.717, 1.165) is 24.1 Å². The number of rotatable bonds is 6. The summed E-state index contributed by atoms with van der Waals surface area (Å²) in [6, 6.07) is 7.58. The Balaban J connectivity index is 1.33. The number of hydrogen-bond acceptors (Lipinski definition) is 4. The second kappa shape index (κ2) is 13.8. The highest BCUT2D eigenvalue weighted by atomic mass is 19.4. The van der Waals surface area contributed by atoms with Gasteiger partial charge in [-0.25, -0.2) is 22.0 Å². The van der Waals surface area contributed by atoms with Crippen LogP contribution in [0.1, 0.15) is 34.1 Å². The molecule has 1 heterocycles. The molecule has 48 heavy (non-hydrogen) atoms. The van der Waals surface area contributed by atoms with E-state index < -0.39 is 80.9 Å². The lowest BCUT2D eigenvalue weighted by molar-refractivity contribution is -0.211. The molecule has 14 heteroatoms. The van der Waals surface area contributed by atoms with Gasteiger partial charge in [-0.3, -0.25) is 0 Å². The van der Waals surface area contributed by atoms with Crippen molar-refractivity contribution in [1.82, 2.24) is 0 Å². The second-order valence-corrected chi connectivity index (χ2v) is 10.4. The summed E-state index contributed by atoms with van der Waals surface area (Å²) in [5, 5.41) is -0.908. The van der Waals surface area contributed by atoms with E-state index in [2.05, 4.69) is 16.6 Å². The second-order valence-electron chi connectivity index (χ2n) is 10.4. The summed E-state index contributed by atoms with van der Waals surface area (Å²) in [7, 11) is 1.54. The number of alkyl halides is 5. The number of fused-ring (bicyclic) bond motifs is 1. The van der Waals surface area contributed by atoms with Gasteiger partial charge in [0.2, 0.25) is 0 Å². The number of hydrogen-bond donors (Lipinski definition) is 0. The van der Waals surface area contributed by atoms with Crippen LogP contribution < -0.4 is 4.74 Å². The predicted molar refractivity (Wildman–Crippen MR) is 150 cm³/mol. The predicted octanol–water partition coefficient (Wildman–Crippen LogP) is 8.29. The molecule has 250 valence electrons. The van der Waals surface area contributed by atoms with E-state index in [1.165, 1.54) is 25.2 Å². The van der Waals surface area contributed by atoms with Crippen LogP contribution in [-0.2, 0) is 20.3 Å². The minimum Gasteiger partial charge on any atom is -0.429 e. The smallest absolute Gasteiger partial charge is 0.429 e. The van der Waals surface area contributed by atoms with Crippen LogP contribution in [0.25, 0.3) is 10.8 Å². The van der Waals surface area contributed by atoms with E-state index >= 15 is 0 Å². The molecular formula is C34H20F10O4. The highest BCUT2D eigenvalue weighted by Crippen LogP contribution is 2.37. The van der Waals surface area contributed by atoms with Crippen LogP contribution in [0.3, 0.4) is 0 Å². The van der Waals surface area contributed by atoms with Gasteiger partial charge in [-0.15, -0.1) is 0 Å². The summed E-state index contributed by atoms with van der Waals surface area (Å²) in [4.78, 5) is 0. The third kappa shape index (κ3) is 7.85. The lowest BCUT2D eigenvalue weighted by Crippen LogP contribution is -2.29. The molecule has 0 spiro atoms. The van der Waals surface area contributed by atoms with Crippen molar-refractivity contribution in [3.63, 3.8) is 0 Å². The van der Waals surface area contributed by atoms with Crippen LogP contribution in [0, 0.1) is 58.7 Å². The minimum atomic E-state index is -5.03. The van der Waals surface area contributed by atoms with E-state index in [4.69, 9.17) is 14.2 Å². The fourth-order valence-corrected chi connectivity index (χ4v) is 4.73. The molecule has 0 unspecified atom stereocenters. The molecule has 0 aromatic heterocycles. The molecule has 0 atom stereocenters. The SMILES string of the molecule is COCC1COC(c2ccc(C#Cc3cc(F)c(C(F)(F)Oc4ccc5c(F)c(C#CC(F)(F)F)c(F)cc5c4)c(F)c3)c(F)c2)OC1. The molecule has 4 nitrogen and oxygen atoms in total. The molecular weight excluding hydrogens is 662 g/mol. The highest BCUT2D eigenvalue weighted by molar-refractivity contribution is 5.86. The summed E-state index contributed by atoms with van der Waals surface area (Å²) in [6.07, 6.45) is -10.5. The quantitative estimate of drug-likeness (QED) is 0.152. The van der Waals surface area contributed by atoms with Gasteiger partial charge in [0, 0.05) is 35.5 Å². The molecule has 4 aromatic rings. The highest BCUT2D eigenvalue weighted by Gasteiger charge is 2.41. The van der Waals surface area contributed by atoms with Gasteiger partial charge < -0.3 is 18.9 Å². The Morgan fingerprint density at radius 2 is 1.46 bits per heavy atom. The first-order valence-electron chi connectivity index (χ1n) is 13.8. The summed E-state index contributed by atoms with van der Waals surface area (Å²) < 4.78 is 161. The number of ether oxygens (including phenoxy) is 4. The minimum absolute atomic E-state index is 0.0184. The zero-order valence-electron chi connectivity index (χ0n) is 24.4. The first kappa shape index (κ1) is 34.6. The van der Waals surface area contributed by atoms with Crippen LogP contribution >= 0.6 is 0 Å². The number of benzene rings is 4. The zero-order chi connectivity index (χ0) is 34.8. The van der Waals surface area contributed by atoms with Crippen molar-refractivity contribution < 1.29 is 62.9 Å². The van der Waals surface area contributed by atoms with Crippen molar-refractivity contribution >= 4 is 10.8 Å². The Labute approximate surface area is 266 Å². The largest absolute Gasteiger partial charge is 0.458 e. The van der Waals surface area contributed by atoms with Crippen molar-refractivity contribution in [2.45, 2.75) is 18.6 Å². The molecule has 0 bridgehead atoms. The molecule has 0 amide bonds. The summed E-state index contributed by atoms with van der Waals surface area (Å²) in [5.74, 6) is -1.37. The Morgan fingerprint density at radius 3 is 2.08 bits per heavy atom. The standard InChI is InChI=1S/C34H20F10O4/c1-45-15-19-16-46-32(47-17-19)21-5-4-20(26(35)13-21)3-2-18-10-28(37)30(29(38)11-18)34(43,44)48-23-6-7-24-22(12-23)14-27(36)25(31(24)39)8-9-33(40,41)42/h4-7,10-14,19,32H,15-17H2,1H3. The molecule has 1 saturated heterocycles. The number of halogens is 10. The molecule has 1 aliphatic rings. The molecule has 0 N–H and O–H groups in total. The topological polar surface area (TPSA) is 36.9 Å². The van der Waals surface area contributed by atoms with Gasteiger partial charge in [-0.05, 0) is 53.9 Å². The average Bonchev–Trinajstić information content (AvgIpc) is 2.99. The van der Waals surface area contributed by atoms with E-state index in [1.807, 2.05) is 0 Å². The monoisotopic (exact) mass is 682 g/mol. The third-order valence-corrected chi connectivity index (χ3v) is 6.88. The maximum atomic E-state index is 15.0. The van der Waals surface area contributed by atoms with E-state index in [1.54, 1.807) is 0 Å². The van der Waals surface area contributed by atoms with Crippen LogP contribution in [-0.4, -0.2) is 33.1 Å². The van der Waals surface area contributed by atoms with Crippen molar-refractivity contribution in [3.05, 3.63) is 112 Å². The molecule has 0 radical (unpaired) electrons. The van der Waals surface area contributed by atoms with Crippen LogP contribution in [0.15, 0.2) is 54.6 Å². The molecule has 5 rings (SSSR count). The molecule has 4 aromatic carbocycles. The average molecular weight is 683 g/mol. The van der Waals surface area contributed by atoms with Gasteiger partial charge in [0.25, 0.3) is 0 Å². The molecule has 0 aliphatic carbocycles. The Kier molecular flexibility index (Phi) is 9.91. The van der Waals surface area contributed by atoms with Crippen molar-refractivity contribution in [2.75, 3.05) is 26.9 Å². The first-order chi connectivity index (χ1) is 22.6. The van der Waals surface area contributed by atoms with Gasteiger partial charge in [0.05, 0.1) is 30.9 Å². The van der Waals surface area contributed by atoms with Crippen molar-refractivity contribution in [2.24, 2.45) is 5.92 Å². The van der Waals surface area contributed by atoms with Crippen LogP contribution in [0.5, 0.6) is 5.75 Å². The van der Waals surface area contributed by atoms with Gasteiger partial charge in [-0.2, -0.15) is 22.0 Å².